The Bertz CT molecular complexity index is 904. The number of hydrogen-bond acceptors (Lipinski definition) is 6. The Morgan fingerprint density at radius 2 is 1.91 bits per heavy atom. The highest BCUT2D eigenvalue weighted by molar-refractivity contribution is 8.02. The molecule has 2 amide bonds. The molecule has 4 aliphatic rings. The number of rotatable bonds is 7. The lowest BCUT2D eigenvalue weighted by Crippen LogP contribution is -2.58. The average molecular weight is 505 g/mol. The Kier molecular flexibility index (Phi) is 7.72. The number of cyclic esters (lactones) is 1. The number of amides is 2. The van der Waals surface area contributed by atoms with Gasteiger partial charge >= 0.3 is 5.97 Å². The number of carbonyl (C=O) groups excluding carboxylic acids is 3. The van der Waals surface area contributed by atoms with E-state index in [0.717, 1.165) is 32.1 Å². The van der Waals surface area contributed by atoms with Crippen molar-refractivity contribution in [3.8, 4) is 0 Å². The molecule has 8 heteroatoms. The number of ether oxygens (including phenoxy) is 1. The molecule has 0 bridgehead atoms. The molecule has 0 saturated carbocycles. The summed E-state index contributed by atoms with van der Waals surface area (Å²) in [6.45, 7) is 9.27. The smallest absolute Gasteiger partial charge is 0.311 e. The van der Waals surface area contributed by atoms with E-state index in [4.69, 9.17) is 4.74 Å². The van der Waals surface area contributed by atoms with Crippen molar-refractivity contribution in [1.29, 1.82) is 0 Å². The normalized spacial score (nSPS) is 36.6. The number of thioether (sulfide) groups is 1. The van der Waals surface area contributed by atoms with Gasteiger partial charge in [0.15, 0.2) is 0 Å². The van der Waals surface area contributed by atoms with Crippen LogP contribution in [0.25, 0.3) is 0 Å². The predicted octanol–water partition coefficient (Wildman–Crippen LogP) is 3.17. The Hall–Kier alpha value is -1.80. The zero-order chi connectivity index (χ0) is 25.4. The van der Waals surface area contributed by atoms with Crippen LogP contribution < -0.4 is 0 Å². The molecule has 6 atom stereocenters. The summed E-state index contributed by atoms with van der Waals surface area (Å²) < 4.78 is 4.10. The van der Waals surface area contributed by atoms with Gasteiger partial charge in [-0.2, -0.15) is 0 Å². The van der Waals surface area contributed by atoms with Crippen LogP contribution in [0.2, 0.25) is 0 Å². The van der Waals surface area contributed by atoms with E-state index in [0.29, 0.717) is 19.7 Å². The standard InChI is InChI=1S/C27H40N2O5S/c1-5-6-9-14-28-15-11-13-27-20(21-25(33)34-16-10-7-8-12-26(21,4)35-27)23(31)29(22(27)24(28)32)19(17-30)18(2)3/h8,11-13,18-22,30H,5-7,9-10,14-17H2,1-4H3/b12-8-/t19-,20-,21+,22?,26-,27-/m0/s1. The van der Waals surface area contributed by atoms with Gasteiger partial charge in [0.25, 0.3) is 0 Å². The van der Waals surface area contributed by atoms with Crippen molar-refractivity contribution in [2.75, 3.05) is 26.3 Å². The number of likely N-dealkylation sites (tertiary alicyclic amines) is 1. The summed E-state index contributed by atoms with van der Waals surface area (Å²) in [4.78, 5) is 45.4. The van der Waals surface area contributed by atoms with Gasteiger partial charge in [-0.1, -0.05) is 57.9 Å². The van der Waals surface area contributed by atoms with Gasteiger partial charge in [0.2, 0.25) is 11.8 Å². The summed E-state index contributed by atoms with van der Waals surface area (Å²) in [7, 11) is 0. The second-order valence-electron chi connectivity index (χ2n) is 10.8. The highest BCUT2D eigenvalue weighted by Crippen LogP contribution is 2.65. The molecule has 0 aromatic rings. The molecule has 0 aromatic heterocycles. The van der Waals surface area contributed by atoms with Crippen molar-refractivity contribution < 1.29 is 24.2 Å². The second-order valence-corrected chi connectivity index (χ2v) is 12.6. The second kappa shape index (κ2) is 10.3. The first kappa shape index (κ1) is 26.3. The molecule has 1 unspecified atom stereocenters. The third-order valence-electron chi connectivity index (χ3n) is 8.12. The average Bonchev–Trinajstić information content (AvgIpc) is 3.16. The Balaban J connectivity index is 1.85. The molecular weight excluding hydrogens is 464 g/mol. The van der Waals surface area contributed by atoms with Gasteiger partial charge in [-0.3, -0.25) is 14.4 Å². The van der Waals surface area contributed by atoms with E-state index in [1.165, 1.54) is 0 Å². The number of esters is 1. The lowest BCUT2D eigenvalue weighted by atomic mass is 9.74. The summed E-state index contributed by atoms with van der Waals surface area (Å²) in [6, 6.07) is -1.27. The van der Waals surface area contributed by atoms with Gasteiger partial charge in [-0.15, -0.1) is 11.8 Å². The minimum absolute atomic E-state index is 0.0443. The molecule has 7 nitrogen and oxygen atoms in total. The van der Waals surface area contributed by atoms with E-state index < -0.39 is 33.4 Å². The summed E-state index contributed by atoms with van der Waals surface area (Å²) in [5.41, 5.74) is 0. The number of nitrogens with zero attached hydrogens (tertiary/aromatic N) is 2. The molecule has 2 saturated heterocycles. The molecular formula is C27H40N2O5S. The number of allylic oxidation sites excluding steroid dienone is 1. The quantitative estimate of drug-likeness (QED) is 0.326. The van der Waals surface area contributed by atoms with Gasteiger partial charge in [0.05, 0.1) is 35.8 Å². The van der Waals surface area contributed by atoms with E-state index in [1.54, 1.807) is 16.7 Å². The van der Waals surface area contributed by atoms with Crippen molar-refractivity contribution in [3.63, 3.8) is 0 Å². The van der Waals surface area contributed by atoms with Crippen LogP contribution in [0, 0.1) is 17.8 Å². The first-order valence-corrected chi connectivity index (χ1v) is 14.0. The minimum atomic E-state index is -0.891. The van der Waals surface area contributed by atoms with Gasteiger partial charge in [-0.25, -0.2) is 0 Å². The number of hydrogen-bond donors (Lipinski definition) is 1. The third-order valence-corrected chi connectivity index (χ3v) is 9.91. The van der Waals surface area contributed by atoms with Crippen molar-refractivity contribution in [1.82, 2.24) is 9.80 Å². The number of aliphatic hydroxyl groups is 1. The maximum atomic E-state index is 14.3. The van der Waals surface area contributed by atoms with Gasteiger partial charge in [-0.05, 0) is 32.1 Å². The van der Waals surface area contributed by atoms with Gasteiger partial charge < -0.3 is 19.6 Å². The molecule has 0 aliphatic carbocycles. The maximum Gasteiger partial charge on any atom is 0.311 e. The van der Waals surface area contributed by atoms with Crippen molar-refractivity contribution in [2.24, 2.45) is 17.8 Å². The SMILES string of the molecule is CCCCCN1CC=C[C@]23S[C@@]4(C)/C=C\CCCOC(=O)[C@H]4[C@H]2C(=O)N([C@@H](CO)C(C)C)C3C1=O. The summed E-state index contributed by atoms with van der Waals surface area (Å²) in [6.07, 6.45) is 12.7. The fourth-order valence-corrected chi connectivity index (χ4v) is 8.49. The van der Waals surface area contributed by atoms with Gasteiger partial charge in [0, 0.05) is 17.8 Å². The molecule has 1 N–H and O–H groups in total. The summed E-state index contributed by atoms with van der Waals surface area (Å²) in [5, 5.41) is 10.3. The molecule has 0 aromatic carbocycles. The summed E-state index contributed by atoms with van der Waals surface area (Å²) >= 11 is 1.56. The summed E-state index contributed by atoms with van der Waals surface area (Å²) in [5.74, 6) is -2.13. The molecule has 4 aliphatic heterocycles. The fraction of sp³-hybridized carbons (Fsp3) is 0.741. The lowest BCUT2D eigenvalue weighted by Gasteiger charge is -2.41. The molecule has 35 heavy (non-hydrogen) atoms. The number of unbranched alkanes of at least 4 members (excludes halogenated alkanes) is 2. The van der Waals surface area contributed by atoms with Crippen LogP contribution in [0.15, 0.2) is 24.3 Å². The zero-order valence-corrected chi connectivity index (χ0v) is 22.3. The van der Waals surface area contributed by atoms with Crippen LogP contribution >= 0.6 is 11.8 Å². The van der Waals surface area contributed by atoms with Crippen LogP contribution in [-0.4, -0.2) is 80.6 Å². The van der Waals surface area contributed by atoms with E-state index >= 15 is 0 Å². The highest BCUT2D eigenvalue weighted by Gasteiger charge is 2.74. The van der Waals surface area contributed by atoms with Crippen LogP contribution in [0.4, 0.5) is 0 Å². The minimum Gasteiger partial charge on any atom is -0.465 e. The van der Waals surface area contributed by atoms with Crippen LogP contribution in [0.1, 0.15) is 59.8 Å². The zero-order valence-electron chi connectivity index (χ0n) is 21.4. The molecule has 4 heterocycles. The van der Waals surface area contributed by atoms with E-state index in [1.807, 2.05) is 37.8 Å². The third kappa shape index (κ3) is 4.35. The van der Waals surface area contributed by atoms with E-state index in [9.17, 15) is 19.5 Å². The van der Waals surface area contributed by atoms with Gasteiger partial charge in [0.1, 0.15) is 6.04 Å². The largest absolute Gasteiger partial charge is 0.465 e. The fourth-order valence-electron chi connectivity index (χ4n) is 6.35. The van der Waals surface area contributed by atoms with Crippen molar-refractivity contribution in [3.05, 3.63) is 24.3 Å². The predicted molar refractivity (Wildman–Crippen MR) is 137 cm³/mol. The number of carbonyl (C=O) groups is 3. The van der Waals surface area contributed by atoms with E-state index in [-0.39, 0.29) is 30.3 Å². The topological polar surface area (TPSA) is 87.2 Å². The Morgan fingerprint density at radius 1 is 1.14 bits per heavy atom. The maximum absolute atomic E-state index is 14.3. The highest BCUT2D eigenvalue weighted by atomic mass is 32.2. The first-order chi connectivity index (χ1) is 16.7. The first-order valence-electron chi connectivity index (χ1n) is 13.2. The Labute approximate surface area is 213 Å². The van der Waals surface area contributed by atoms with Crippen LogP contribution in [0.5, 0.6) is 0 Å². The molecule has 4 rings (SSSR count). The lowest BCUT2D eigenvalue weighted by molar-refractivity contribution is -0.155. The van der Waals surface area contributed by atoms with E-state index in [2.05, 4.69) is 19.1 Å². The molecule has 2 fully saturated rings. The van der Waals surface area contributed by atoms with Crippen LogP contribution in [-0.2, 0) is 19.1 Å². The van der Waals surface area contributed by atoms with Crippen LogP contribution in [0.3, 0.4) is 0 Å². The number of aliphatic hydroxyl groups excluding tert-OH is 1. The Morgan fingerprint density at radius 3 is 2.60 bits per heavy atom. The van der Waals surface area contributed by atoms with Crippen molar-refractivity contribution in [2.45, 2.75) is 81.4 Å². The monoisotopic (exact) mass is 504 g/mol. The van der Waals surface area contributed by atoms with Crippen molar-refractivity contribution >= 4 is 29.5 Å². The number of fused-ring (bicyclic) bond motifs is 2. The molecule has 1 spiro atoms. The molecule has 194 valence electrons. The molecule has 0 radical (unpaired) electrons.